The first-order valence-corrected chi connectivity index (χ1v) is 7.03. The molecule has 0 aromatic carbocycles. The van der Waals surface area contributed by atoms with Crippen molar-refractivity contribution in [3.05, 3.63) is 24.3 Å². The first kappa shape index (κ1) is 14.3. The molecule has 2 aliphatic carbocycles. The highest BCUT2D eigenvalue weighted by Gasteiger charge is 2.48. The van der Waals surface area contributed by atoms with Crippen LogP contribution in [0.4, 0.5) is 0 Å². The highest BCUT2D eigenvalue weighted by molar-refractivity contribution is 5.88. The van der Waals surface area contributed by atoms with Crippen LogP contribution in [0.5, 0.6) is 0 Å². The summed E-state index contributed by atoms with van der Waals surface area (Å²) in [6, 6.07) is 0. The number of hydrogen-bond acceptors (Lipinski definition) is 3. The Labute approximate surface area is 115 Å². The average molecular weight is 264 g/mol. The zero-order valence-electron chi connectivity index (χ0n) is 11.9. The second-order valence-electron chi connectivity index (χ2n) is 6.26. The summed E-state index contributed by atoms with van der Waals surface area (Å²) in [6.07, 6.45) is 4.12. The molecule has 0 spiro atoms. The highest BCUT2D eigenvalue weighted by atomic mass is 16.5. The molecule has 0 radical (unpaired) electrons. The number of methoxy groups -OCH3 is 1. The molecule has 3 nitrogen and oxygen atoms in total. The van der Waals surface area contributed by atoms with Gasteiger partial charge in [-0.15, -0.1) is 0 Å². The van der Waals surface area contributed by atoms with Crippen molar-refractivity contribution in [1.29, 1.82) is 0 Å². The van der Waals surface area contributed by atoms with Gasteiger partial charge in [0.1, 0.15) is 0 Å². The lowest BCUT2D eigenvalue weighted by molar-refractivity contribution is -0.137. The molecule has 0 aliphatic heterocycles. The Morgan fingerprint density at radius 3 is 2.79 bits per heavy atom. The van der Waals surface area contributed by atoms with Crippen molar-refractivity contribution in [2.24, 2.45) is 17.3 Å². The van der Waals surface area contributed by atoms with E-state index in [-0.39, 0.29) is 29.3 Å². The van der Waals surface area contributed by atoms with Gasteiger partial charge < -0.3 is 9.84 Å². The molecule has 0 aromatic heterocycles. The fraction of sp³-hybridized carbons (Fsp3) is 0.688. The van der Waals surface area contributed by atoms with E-state index >= 15 is 0 Å². The second-order valence-corrected chi connectivity index (χ2v) is 6.26. The molecular formula is C16H24O3. The fourth-order valence-corrected chi connectivity index (χ4v) is 3.80. The Bertz CT molecular complexity index is 412. The van der Waals surface area contributed by atoms with Crippen LogP contribution in [0.1, 0.15) is 39.0 Å². The van der Waals surface area contributed by atoms with Crippen molar-refractivity contribution in [2.75, 3.05) is 7.11 Å². The molecule has 2 saturated carbocycles. The number of aliphatic hydroxyl groups excluding tert-OH is 1. The fourth-order valence-electron chi connectivity index (χ4n) is 3.80. The molecule has 2 fully saturated rings. The number of fused-ring (bicyclic) bond motifs is 1. The number of esters is 1. The van der Waals surface area contributed by atoms with E-state index in [2.05, 4.69) is 20.1 Å². The van der Waals surface area contributed by atoms with E-state index < -0.39 is 0 Å². The normalized spacial score (nSPS) is 38.5. The second kappa shape index (κ2) is 5.12. The smallest absolute Gasteiger partial charge is 0.333 e. The van der Waals surface area contributed by atoms with E-state index in [4.69, 9.17) is 4.74 Å². The molecule has 3 heteroatoms. The minimum Gasteiger partial charge on any atom is -0.466 e. The van der Waals surface area contributed by atoms with Gasteiger partial charge in [0.25, 0.3) is 0 Å². The Morgan fingerprint density at radius 2 is 2.16 bits per heavy atom. The van der Waals surface area contributed by atoms with Gasteiger partial charge in [-0.1, -0.05) is 25.7 Å². The Hall–Kier alpha value is -1.09. The molecule has 0 bridgehead atoms. The van der Waals surface area contributed by atoms with Crippen molar-refractivity contribution in [3.8, 4) is 0 Å². The standard InChI is InChI=1S/C16H24O3/c1-10-5-6-14(17)16(3)8-7-12(9-13(10)16)11(2)15(18)19-4/h12-14,17H,1-2,5-9H2,3-4H3/t12-,13+,14-,16-/m1/s1. The number of rotatable bonds is 2. The number of ether oxygens (including phenoxy) is 1. The third kappa shape index (κ3) is 2.36. The number of carbonyl (C=O) groups is 1. The molecule has 0 amide bonds. The van der Waals surface area contributed by atoms with E-state index in [1.165, 1.54) is 12.7 Å². The van der Waals surface area contributed by atoms with E-state index in [0.29, 0.717) is 5.57 Å². The van der Waals surface area contributed by atoms with Crippen LogP contribution < -0.4 is 0 Å². The molecule has 19 heavy (non-hydrogen) atoms. The summed E-state index contributed by atoms with van der Waals surface area (Å²) < 4.78 is 4.76. The van der Waals surface area contributed by atoms with Crippen LogP contribution in [-0.2, 0) is 9.53 Å². The maximum atomic E-state index is 11.6. The summed E-state index contributed by atoms with van der Waals surface area (Å²) >= 11 is 0. The van der Waals surface area contributed by atoms with Gasteiger partial charge in [-0.3, -0.25) is 0 Å². The Balaban J connectivity index is 2.16. The summed E-state index contributed by atoms with van der Waals surface area (Å²) in [4.78, 5) is 11.6. The summed E-state index contributed by atoms with van der Waals surface area (Å²) in [7, 11) is 1.39. The minimum atomic E-state index is -0.310. The Kier molecular flexibility index (Phi) is 3.86. The quantitative estimate of drug-likeness (QED) is 0.474. The van der Waals surface area contributed by atoms with Crippen molar-refractivity contribution < 1.29 is 14.6 Å². The van der Waals surface area contributed by atoms with Gasteiger partial charge in [0.15, 0.2) is 0 Å². The van der Waals surface area contributed by atoms with Crippen LogP contribution in [0.15, 0.2) is 24.3 Å². The van der Waals surface area contributed by atoms with Gasteiger partial charge in [-0.05, 0) is 43.9 Å². The first-order chi connectivity index (χ1) is 8.90. The predicted octanol–water partition coefficient (Wildman–Crippen LogP) is 2.85. The third-order valence-electron chi connectivity index (χ3n) is 5.28. The predicted molar refractivity (Wildman–Crippen MR) is 74.5 cm³/mol. The van der Waals surface area contributed by atoms with E-state index in [9.17, 15) is 9.90 Å². The molecule has 4 atom stereocenters. The van der Waals surface area contributed by atoms with Crippen molar-refractivity contribution in [3.63, 3.8) is 0 Å². The molecule has 2 rings (SSSR count). The van der Waals surface area contributed by atoms with Crippen LogP contribution >= 0.6 is 0 Å². The van der Waals surface area contributed by atoms with Gasteiger partial charge in [0.2, 0.25) is 0 Å². The van der Waals surface area contributed by atoms with E-state index in [1.54, 1.807) is 0 Å². The number of aliphatic hydroxyl groups is 1. The topological polar surface area (TPSA) is 46.5 Å². The molecule has 1 N–H and O–H groups in total. The van der Waals surface area contributed by atoms with Crippen LogP contribution in [0.25, 0.3) is 0 Å². The SMILES string of the molecule is C=C(C(=O)OC)[C@@H]1CC[C@@]2(C)[C@H](O)CCC(=C)[C@@H]2C1. The van der Waals surface area contributed by atoms with Crippen LogP contribution in [0.2, 0.25) is 0 Å². The maximum absolute atomic E-state index is 11.6. The largest absolute Gasteiger partial charge is 0.466 e. The molecular weight excluding hydrogens is 240 g/mol. The Morgan fingerprint density at radius 1 is 1.47 bits per heavy atom. The van der Waals surface area contributed by atoms with Crippen molar-refractivity contribution in [1.82, 2.24) is 0 Å². The number of hydrogen-bond donors (Lipinski definition) is 1. The summed E-state index contributed by atoms with van der Waals surface area (Å²) in [5, 5.41) is 10.3. The number of allylic oxidation sites excluding steroid dienone is 1. The molecule has 2 aliphatic rings. The van der Waals surface area contributed by atoms with E-state index in [1.807, 2.05) is 0 Å². The zero-order valence-corrected chi connectivity index (χ0v) is 11.9. The molecule has 106 valence electrons. The third-order valence-corrected chi connectivity index (χ3v) is 5.28. The lowest BCUT2D eigenvalue weighted by Gasteiger charge is -2.51. The van der Waals surface area contributed by atoms with Gasteiger partial charge in [-0.2, -0.15) is 0 Å². The molecule has 0 aromatic rings. The minimum absolute atomic E-state index is 0.0811. The van der Waals surface area contributed by atoms with Gasteiger partial charge in [-0.25, -0.2) is 4.79 Å². The van der Waals surface area contributed by atoms with Gasteiger partial charge in [0, 0.05) is 11.0 Å². The summed E-state index contributed by atoms with van der Waals surface area (Å²) in [5.74, 6) is 0.138. The lowest BCUT2D eigenvalue weighted by Crippen LogP contribution is -2.47. The average Bonchev–Trinajstić information content (AvgIpc) is 2.41. The number of carbonyl (C=O) groups excluding carboxylic acids is 1. The zero-order chi connectivity index (χ0) is 14.2. The molecule has 0 unspecified atom stereocenters. The van der Waals surface area contributed by atoms with Crippen molar-refractivity contribution >= 4 is 5.97 Å². The lowest BCUT2D eigenvalue weighted by atomic mass is 9.55. The van der Waals surface area contributed by atoms with Crippen LogP contribution in [0.3, 0.4) is 0 Å². The maximum Gasteiger partial charge on any atom is 0.333 e. The van der Waals surface area contributed by atoms with Crippen LogP contribution in [0, 0.1) is 17.3 Å². The van der Waals surface area contributed by atoms with Gasteiger partial charge >= 0.3 is 5.97 Å². The van der Waals surface area contributed by atoms with Crippen LogP contribution in [-0.4, -0.2) is 24.3 Å². The first-order valence-electron chi connectivity index (χ1n) is 7.03. The molecule has 0 saturated heterocycles. The highest BCUT2D eigenvalue weighted by Crippen LogP contribution is 2.54. The van der Waals surface area contributed by atoms with E-state index in [0.717, 1.165) is 32.1 Å². The van der Waals surface area contributed by atoms with Gasteiger partial charge in [0.05, 0.1) is 13.2 Å². The summed E-state index contributed by atoms with van der Waals surface area (Å²) in [6.45, 7) is 10.2. The molecule has 0 heterocycles. The monoisotopic (exact) mass is 264 g/mol. The summed E-state index contributed by atoms with van der Waals surface area (Å²) in [5.41, 5.74) is 1.70. The van der Waals surface area contributed by atoms with Crippen molar-refractivity contribution in [2.45, 2.75) is 45.1 Å².